The number of hydrogen-bond acceptors (Lipinski definition) is 4. The number of nitrogens with two attached hydrogens (primary N) is 1. The number of hydrogen-bond donors (Lipinski definition) is 2. The van der Waals surface area contributed by atoms with E-state index in [-0.39, 0.29) is 6.61 Å². The Kier molecular flexibility index (Phi) is 5.15. The molecule has 0 aromatic heterocycles. The van der Waals surface area contributed by atoms with Crippen molar-refractivity contribution in [3.8, 4) is 5.75 Å². The quantitative estimate of drug-likeness (QED) is 0.778. The molecule has 5 heteroatoms. The Balaban J connectivity index is 2.33. The molecule has 1 rings (SSSR count). The van der Waals surface area contributed by atoms with Crippen molar-refractivity contribution in [1.82, 2.24) is 5.32 Å². The average Bonchev–Trinajstić information content (AvgIpc) is 2.34. The van der Waals surface area contributed by atoms with Crippen molar-refractivity contribution in [2.75, 3.05) is 20.2 Å². The lowest BCUT2D eigenvalue weighted by Gasteiger charge is -2.06. The molecule has 0 radical (unpaired) electrons. The predicted molar refractivity (Wildman–Crippen MR) is 60.2 cm³/mol. The summed E-state index contributed by atoms with van der Waals surface area (Å²) in [6.07, 6.45) is -0.457. The van der Waals surface area contributed by atoms with Crippen molar-refractivity contribution in [2.45, 2.75) is 6.61 Å². The lowest BCUT2D eigenvalue weighted by atomic mass is 10.2. The highest BCUT2D eigenvalue weighted by Crippen LogP contribution is 2.11. The molecule has 0 spiro atoms. The lowest BCUT2D eigenvalue weighted by Crippen LogP contribution is -2.29. The molecule has 0 saturated carbocycles. The molecule has 0 fully saturated rings. The standard InChI is InChI=1S/C11H16N2O3/c1-15-10-4-2-9(3-5-10)8-16-11(14)13-7-6-12/h2-5H,6-8,12H2,1H3,(H,13,14). The maximum Gasteiger partial charge on any atom is 0.407 e. The molecule has 1 aromatic rings. The van der Waals surface area contributed by atoms with E-state index in [2.05, 4.69) is 5.32 Å². The normalized spacial score (nSPS) is 9.62. The van der Waals surface area contributed by atoms with Gasteiger partial charge in [-0.1, -0.05) is 12.1 Å². The first-order valence-corrected chi connectivity index (χ1v) is 5.00. The molecule has 88 valence electrons. The number of rotatable bonds is 5. The smallest absolute Gasteiger partial charge is 0.407 e. The minimum absolute atomic E-state index is 0.237. The zero-order valence-electron chi connectivity index (χ0n) is 9.23. The molecule has 16 heavy (non-hydrogen) atoms. The van der Waals surface area contributed by atoms with Crippen molar-refractivity contribution < 1.29 is 14.3 Å². The number of ether oxygens (including phenoxy) is 2. The van der Waals surface area contributed by atoms with Gasteiger partial charge in [-0.15, -0.1) is 0 Å². The van der Waals surface area contributed by atoms with Gasteiger partial charge >= 0.3 is 6.09 Å². The first-order valence-electron chi connectivity index (χ1n) is 5.00. The minimum atomic E-state index is -0.457. The van der Waals surface area contributed by atoms with Crippen molar-refractivity contribution in [3.63, 3.8) is 0 Å². The Morgan fingerprint density at radius 3 is 2.62 bits per heavy atom. The number of nitrogens with one attached hydrogen (secondary N) is 1. The second-order valence-electron chi connectivity index (χ2n) is 3.14. The van der Waals surface area contributed by atoms with Crippen molar-refractivity contribution in [2.24, 2.45) is 5.73 Å². The van der Waals surface area contributed by atoms with E-state index in [9.17, 15) is 4.79 Å². The second-order valence-corrected chi connectivity index (χ2v) is 3.14. The molecule has 0 saturated heterocycles. The van der Waals surface area contributed by atoms with Gasteiger partial charge in [-0.25, -0.2) is 4.79 Å². The number of amides is 1. The molecule has 0 heterocycles. The summed E-state index contributed by atoms with van der Waals surface area (Å²) in [5.41, 5.74) is 6.14. The fourth-order valence-electron chi connectivity index (χ4n) is 1.10. The molecule has 3 N–H and O–H groups in total. The van der Waals surface area contributed by atoms with Gasteiger partial charge in [0.2, 0.25) is 0 Å². The Bertz CT molecular complexity index is 325. The summed E-state index contributed by atoms with van der Waals surface area (Å²) in [4.78, 5) is 11.1. The van der Waals surface area contributed by atoms with E-state index in [1.54, 1.807) is 7.11 Å². The van der Waals surface area contributed by atoms with Crippen molar-refractivity contribution in [3.05, 3.63) is 29.8 Å². The summed E-state index contributed by atoms with van der Waals surface area (Å²) >= 11 is 0. The third-order valence-electron chi connectivity index (χ3n) is 1.94. The summed E-state index contributed by atoms with van der Waals surface area (Å²) in [5.74, 6) is 0.774. The van der Waals surface area contributed by atoms with E-state index < -0.39 is 6.09 Å². The summed E-state index contributed by atoms with van der Waals surface area (Å²) in [6.45, 7) is 1.06. The average molecular weight is 224 g/mol. The maximum absolute atomic E-state index is 11.1. The molecule has 5 nitrogen and oxygen atoms in total. The van der Waals surface area contributed by atoms with Gasteiger partial charge < -0.3 is 20.5 Å². The third kappa shape index (κ3) is 4.18. The lowest BCUT2D eigenvalue weighted by molar-refractivity contribution is 0.140. The van der Waals surface area contributed by atoms with Crippen LogP contribution in [-0.2, 0) is 11.3 Å². The third-order valence-corrected chi connectivity index (χ3v) is 1.94. The number of carbonyl (C=O) groups is 1. The van der Waals surface area contributed by atoms with Crippen LogP contribution in [0, 0.1) is 0 Å². The van der Waals surface area contributed by atoms with Crippen molar-refractivity contribution in [1.29, 1.82) is 0 Å². The predicted octanol–water partition coefficient (Wildman–Crippen LogP) is 0.880. The zero-order chi connectivity index (χ0) is 11.8. The van der Waals surface area contributed by atoms with E-state index in [0.29, 0.717) is 13.1 Å². The van der Waals surface area contributed by atoms with E-state index in [1.807, 2.05) is 24.3 Å². The van der Waals surface area contributed by atoms with Crippen LogP contribution in [0.4, 0.5) is 4.79 Å². The van der Waals surface area contributed by atoms with E-state index in [0.717, 1.165) is 11.3 Å². The van der Waals surface area contributed by atoms with Crippen LogP contribution in [0.2, 0.25) is 0 Å². The van der Waals surface area contributed by atoms with E-state index in [4.69, 9.17) is 15.2 Å². The van der Waals surface area contributed by atoms with Gasteiger partial charge in [-0.3, -0.25) is 0 Å². The van der Waals surface area contributed by atoms with Gasteiger partial charge in [0, 0.05) is 13.1 Å². The highest BCUT2D eigenvalue weighted by atomic mass is 16.5. The Hall–Kier alpha value is -1.75. The highest BCUT2D eigenvalue weighted by Gasteiger charge is 2.01. The van der Waals surface area contributed by atoms with Crippen LogP contribution < -0.4 is 15.8 Å². The monoisotopic (exact) mass is 224 g/mol. The molecule has 1 aromatic carbocycles. The summed E-state index contributed by atoms with van der Waals surface area (Å²) < 4.78 is 9.97. The molecule has 0 unspecified atom stereocenters. The molecule has 0 bridgehead atoms. The van der Waals surface area contributed by atoms with E-state index in [1.165, 1.54) is 0 Å². The molecule has 0 aliphatic carbocycles. The number of methoxy groups -OCH3 is 1. The van der Waals surface area contributed by atoms with Gasteiger partial charge in [0.15, 0.2) is 0 Å². The van der Waals surface area contributed by atoms with Crippen LogP contribution in [-0.4, -0.2) is 26.3 Å². The first-order chi connectivity index (χ1) is 7.76. The SMILES string of the molecule is COc1ccc(COC(=O)NCCN)cc1. The van der Waals surface area contributed by atoms with Gasteiger partial charge in [0.05, 0.1) is 7.11 Å². The van der Waals surface area contributed by atoms with E-state index >= 15 is 0 Å². The van der Waals surface area contributed by atoms with Gasteiger partial charge in [-0.2, -0.15) is 0 Å². The zero-order valence-corrected chi connectivity index (χ0v) is 9.23. The number of alkyl carbamates (subject to hydrolysis) is 1. The number of carbonyl (C=O) groups excluding carboxylic acids is 1. The van der Waals surface area contributed by atoms with Crippen LogP contribution in [0.25, 0.3) is 0 Å². The second kappa shape index (κ2) is 6.68. The number of benzene rings is 1. The molecular formula is C11H16N2O3. The minimum Gasteiger partial charge on any atom is -0.497 e. The molecule has 1 amide bonds. The van der Waals surface area contributed by atoms with Crippen molar-refractivity contribution >= 4 is 6.09 Å². The topological polar surface area (TPSA) is 73.6 Å². The maximum atomic E-state index is 11.1. The highest BCUT2D eigenvalue weighted by molar-refractivity contribution is 5.67. The van der Waals surface area contributed by atoms with Gasteiger partial charge in [0.1, 0.15) is 12.4 Å². The Morgan fingerprint density at radius 2 is 2.06 bits per heavy atom. The molecule has 0 aliphatic heterocycles. The molecule has 0 atom stereocenters. The summed E-state index contributed by atoms with van der Waals surface area (Å²) in [5, 5.41) is 2.51. The van der Waals surface area contributed by atoms with Crippen LogP contribution >= 0.6 is 0 Å². The Morgan fingerprint density at radius 1 is 1.38 bits per heavy atom. The largest absolute Gasteiger partial charge is 0.497 e. The Labute approximate surface area is 94.5 Å². The van der Waals surface area contributed by atoms with Gasteiger partial charge in [-0.05, 0) is 17.7 Å². The van der Waals surface area contributed by atoms with Crippen LogP contribution in [0.5, 0.6) is 5.75 Å². The molecular weight excluding hydrogens is 208 g/mol. The summed E-state index contributed by atoms with van der Waals surface area (Å²) in [6, 6.07) is 7.32. The first kappa shape index (κ1) is 12.3. The van der Waals surface area contributed by atoms with Gasteiger partial charge in [0.25, 0.3) is 0 Å². The molecule has 0 aliphatic rings. The summed E-state index contributed by atoms with van der Waals surface area (Å²) in [7, 11) is 1.60. The van der Waals surface area contributed by atoms with Crippen LogP contribution in [0.15, 0.2) is 24.3 Å². The van der Waals surface area contributed by atoms with Crippen LogP contribution in [0.3, 0.4) is 0 Å². The van der Waals surface area contributed by atoms with Crippen LogP contribution in [0.1, 0.15) is 5.56 Å². The fourth-order valence-corrected chi connectivity index (χ4v) is 1.10. The fraction of sp³-hybridized carbons (Fsp3) is 0.364.